The summed E-state index contributed by atoms with van der Waals surface area (Å²) in [6.07, 6.45) is -1.22. The maximum absolute atomic E-state index is 13.2. The lowest BCUT2D eigenvalue weighted by Gasteiger charge is -2.19. The van der Waals surface area contributed by atoms with Crippen LogP contribution in [0.1, 0.15) is 41.4 Å². The molecule has 6 N–H and O–H groups in total. The third-order valence-electron chi connectivity index (χ3n) is 5.43. The molecule has 0 aliphatic heterocycles. The van der Waals surface area contributed by atoms with Gasteiger partial charge in [0.05, 0.1) is 12.6 Å². The minimum Gasteiger partial charge on any atom is -0.391 e. The van der Waals surface area contributed by atoms with Gasteiger partial charge in [0.15, 0.2) is 11.6 Å². The van der Waals surface area contributed by atoms with E-state index in [1.54, 1.807) is 36.4 Å². The van der Waals surface area contributed by atoms with Crippen LogP contribution in [0.5, 0.6) is 0 Å². The first kappa shape index (κ1) is 31.6. The minimum atomic E-state index is -1.32. The van der Waals surface area contributed by atoms with Crippen LogP contribution in [0.15, 0.2) is 66.7 Å². The van der Waals surface area contributed by atoms with Crippen molar-refractivity contribution in [3.8, 4) is 11.8 Å². The van der Waals surface area contributed by atoms with Crippen molar-refractivity contribution in [2.24, 2.45) is 0 Å². The van der Waals surface area contributed by atoms with E-state index in [4.69, 9.17) is 5.21 Å². The van der Waals surface area contributed by atoms with E-state index in [1.807, 2.05) is 0 Å². The summed E-state index contributed by atoms with van der Waals surface area (Å²) < 4.78 is 26.2. The molecule has 3 amide bonds. The molecule has 0 aliphatic carbocycles. The van der Waals surface area contributed by atoms with E-state index in [1.165, 1.54) is 30.6 Å². The lowest BCUT2D eigenvalue weighted by molar-refractivity contribution is -0.133. The van der Waals surface area contributed by atoms with Crippen LogP contribution in [-0.2, 0) is 16.1 Å². The SMILES string of the molecule is C.C[C@@H](O)[C@H](NC(=O)c1ccc(C#Cc2ccc(NC(=O)CNCc3ccc(F)c(F)c3)cc2)cc1)C(=O)NO. The zero-order valence-electron chi connectivity index (χ0n) is 20.8. The Hall–Kier alpha value is -4.63. The second kappa shape index (κ2) is 15.1. The van der Waals surface area contributed by atoms with Crippen LogP contribution in [0.4, 0.5) is 14.5 Å². The Morgan fingerprint density at radius 2 is 1.50 bits per heavy atom. The molecule has 0 aromatic heterocycles. The molecule has 0 spiro atoms. The van der Waals surface area contributed by atoms with Crippen molar-refractivity contribution in [1.82, 2.24) is 16.1 Å². The number of benzene rings is 3. The van der Waals surface area contributed by atoms with E-state index >= 15 is 0 Å². The molecule has 3 rings (SSSR count). The largest absolute Gasteiger partial charge is 0.391 e. The monoisotopic (exact) mass is 552 g/mol. The van der Waals surface area contributed by atoms with E-state index in [0.717, 1.165) is 12.1 Å². The van der Waals surface area contributed by atoms with Gasteiger partial charge in [-0.1, -0.05) is 25.3 Å². The van der Waals surface area contributed by atoms with Gasteiger partial charge in [0.2, 0.25) is 5.91 Å². The van der Waals surface area contributed by atoms with Gasteiger partial charge in [-0.05, 0) is 73.2 Å². The number of carbonyl (C=O) groups is 3. The fraction of sp³-hybridized carbons (Fsp3) is 0.207. The first-order chi connectivity index (χ1) is 18.7. The third kappa shape index (κ3) is 9.28. The topological polar surface area (TPSA) is 140 Å². The first-order valence-electron chi connectivity index (χ1n) is 11.8. The first-order valence-corrected chi connectivity index (χ1v) is 11.8. The number of amides is 3. The van der Waals surface area contributed by atoms with Gasteiger partial charge < -0.3 is 21.1 Å². The van der Waals surface area contributed by atoms with Crippen LogP contribution >= 0.6 is 0 Å². The van der Waals surface area contributed by atoms with Crippen LogP contribution in [0.3, 0.4) is 0 Å². The molecule has 210 valence electrons. The molecule has 0 saturated carbocycles. The molecule has 0 unspecified atom stereocenters. The van der Waals surface area contributed by atoms with Gasteiger partial charge in [0, 0.05) is 28.9 Å². The van der Waals surface area contributed by atoms with Crippen LogP contribution in [0.2, 0.25) is 0 Å². The molecule has 0 heterocycles. The summed E-state index contributed by atoms with van der Waals surface area (Å²) in [5.74, 6) is 2.20. The van der Waals surface area contributed by atoms with E-state index in [-0.39, 0.29) is 32.0 Å². The van der Waals surface area contributed by atoms with Crippen molar-refractivity contribution < 1.29 is 33.5 Å². The van der Waals surface area contributed by atoms with E-state index < -0.39 is 35.6 Å². The molecular weight excluding hydrogens is 522 g/mol. The molecule has 11 heteroatoms. The molecular formula is C29H30F2N4O5. The van der Waals surface area contributed by atoms with Gasteiger partial charge in [0.1, 0.15) is 6.04 Å². The Bertz CT molecular complexity index is 1380. The van der Waals surface area contributed by atoms with Gasteiger partial charge in [-0.3, -0.25) is 19.6 Å². The fourth-order valence-corrected chi connectivity index (χ4v) is 3.36. The molecule has 3 aromatic rings. The Labute approximate surface area is 230 Å². The fourth-order valence-electron chi connectivity index (χ4n) is 3.36. The molecule has 0 radical (unpaired) electrons. The normalized spacial score (nSPS) is 11.6. The molecule has 3 aromatic carbocycles. The van der Waals surface area contributed by atoms with E-state index in [0.29, 0.717) is 22.4 Å². The molecule has 0 fully saturated rings. The minimum absolute atomic E-state index is 0. The van der Waals surface area contributed by atoms with Crippen LogP contribution < -0.4 is 21.4 Å². The van der Waals surface area contributed by atoms with Gasteiger partial charge in [-0.15, -0.1) is 0 Å². The molecule has 40 heavy (non-hydrogen) atoms. The predicted molar refractivity (Wildman–Crippen MR) is 145 cm³/mol. The summed E-state index contributed by atoms with van der Waals surface area (Å²) in [4.78, 5) is 36.1. The van der Waals surface area contributed by atoms with Crippen molar-refractivity contribution in [3.63, 3.8) is 0 Å². The predicted octanol–water partition coefficient (Wildman–Crippen LogP) is 2.71. The molecule has 0 saturated heterocycles. The number of aliphatic hydroxyl groups is 1. The lowest BCUT2D eigenvalue weighted by Crippen LogP contribution is -2.51. The Kier molecular flexibility index (Phi) is 11.9. The van der Waals surface area contributed by atoms with Crippen molar-refractivity contribution in [1.29, 1.82) is 0 Å². The Balaban J connectivity index is 0.00000560. The smallest absolute Gasteiger partial charge is 0.268 e. The maximum Gasteiger partial charge on any atom is 0.268 e. The highest BCUT2D eigenvalue weighted by Gasteiger charge is 2.25. The maximum atomic E-state index is 13.2. The highest BCUT2D eigenvalue weighted by atomic mass is 19.2. The second-order valence-corrected chi connectivity index (χ2v) is 8.47. The lowest BCUT2D eigenvalue weighted by atomic mass is 10.1. The number of hydrogen-bond acceptors (Lipinski definition) is 6. The number of aliphatic hydroxyl groups excluding tert-OH is 1. The van der Waals surface area contributed by atoms with Crippen LogP contribution in [0, 0.1) is 23.5 Å². The number of carbonyl (C=O) groups excluding carboxylic acids is 3. The van der Waals surface area contributed by atoms with Crippen molar-refractivity contribution in [3.05, 3.63) is 101 Å². The summed E-state index contributed by atoms with van der Waals surface area (Å²) in [6.45, 7) is 1.48. The summed E-state index contributed by atoms with van der Waals surface area (Å²) >= 11 is 0. The zero-order chi connectivity index (χ0) is 28.4. The number of hydroxylamine groups is 1. The summed E-state index contributed by atoms with van der Waals surface area (Å²) in [7, 11) is 0. The molecule has 0 bridgehead atoms. The average Bonchev–Trinajstić information content (AvgIpc) is 2.93. The van der Waals surface area contributed by atoms with Crippen LogP contribution in [-0.4, -0.2) is 46.7 Å². The van der Waals surface area contributed by atoms with Crippen molar-refractivity contribution in [2.45, 2.75) is 33.0 Å². The quantitative estimate of drug-likeness (QED) is 0.137. The second-order valence-electron chi connectivity index (χ2n) is 8.47. The Morgan fingerprint density at radius 1 is 0.900 bits per heavy atom. The molecule has 9 nitrogen and oxygen atoms in total. The molecule has 2 atom stereocenters. The number of rotatable bonds is 9. The Morgan fingerprint density at radius 3 is 2.05 bits per heavy atom. The number of halogens is 2. The third-order valence-corrected chi connectivity index (χ3v) is 5.43. The van der Waals surface area contributed by atoms with Gasteiger partial charge in [0.25, 0.3) is 11.8 Å². The van der Waals surface area contributed by atoms with Crippen molar-refractivity contribution >= 4 is 23.4 Å². The van der Waals surface area contributed by atoms with E-state index in [2.05, 4.69) is 27.8 Å². The van der Waals surface area contributed by atoms with E-state index in [9.17, 15) is 28.3 Å². The summed E-state index contributed by atoms with van der Waals surface area (Å²) in [6, 6.07) is 15.3. The highest BCUT2D eigenvalue weighted by molar-refractivity contribution is 5.97. The number of nitrogens with one attached hydrogen (secondary N) is 4. The van der Waals surface area contributed by atoms with Crippen molar-refractivity contribution in [2.75, 3.05) is 11.9 Å². The van der Waals surface area contributed by atoms with Gasteiger partial charge in [-0.2, -0.15) is 0 Å². The van der Waals surface area contributed by atoms with Gasteiger partial charge in [-0.25, -0.2) is 14.3 Å². The average molecular weight is 553 g/mol. The summed E-state index contributed by atoms with van der Waals surface area (Å²) in [5, 5.41) is 26.3. The van der Waals surface area contributed by atoms with Crippen LogP contribution in [0.25, 0.3) is 0 Å². The standard InChI is InChI=1S/C28H26F2N4O5.CH4/c1-17(35)26(28(38)34-39)33-27(37)21-9-4-18(5-10-21)2-3-19-6-11-22(12-7-19)32-25(36)16-31-15-20-8-13-23(29)24(30)14-20;/h4-14,17,26,31,35,39H,15-16H2,1H3,(H,32,36)(H,33,37)(H,34,38);1H4/t17-,26+;/m1./s1. The number of anilines is 1. The zero-order valence-corrected chi connectivity index (χ0v) is 20.8. The summed E-state index contributed by atoms with van der Waals surface area (Å²) in [5.41, 5.74) is 4.00. The highest BCUT2D eigenvalue weighted by Crippen LogP contribution is 2.11. The number of hydrogen-bond donors (Lipinski definition) is 6. The van der Waals surface area contributed by atoms with Gasteiger partial charge >= 0.3 is 0 Å². The molecule has 0 aliphatic rings.